The van der Waals surface area contributed by atoms with Crippen molar-refractivity contribution in [2.24, 2.45) is 0 Å². The third-order valence-electron chi connectivity index (χ3n) is 2.63. The van der Waals surface area contributed by atoms with E-state index in [9.17, 15) is 0 Å². The van der Waals surface area contributed by atoms with Crippen LogP contribution in [0.2, 0.25) is 0 Å². The molecule has 0 bridgehead atoms. The van der Waals surface area contributed by atoms with Gasteiger partial charge >= 0.3 is 0 Å². The fourth-order valence-electron chi connectivity index (χ4n) is 1.67. The molecule has 0 aromatic heterocycles. The highest BCUT2D eigenvalue weighted by atomic mass is 16.5. The smallest absolute Gasteiger partial charge is 0.119 e. The molecule has 2 heteroatoms. The lowest BCUT2D eigenvalue weighted by atomic mass is 10.1. The molecule has 0 saturated carbocycles. The molecule has 0 spiro atoms. The van der Waals surface area contributed by atoms with Crippen LogP contribution in [0.5, 0.6) is 5.75 Å². The number of anilines is 1. The number of aryl methyl sites for hydroxylation is 1. The molecule has 0 fully saturated rings. The summed E-state index contributed by atoms with van der Waals surface area (Å²) in [7, 11) is 0. The Labute approximate surface area is 102 Å². The predicted octanol–water partition coefficient (Wildman–Crippen LogP) is 3.20. The highest BCUT2D eigenvalue weighted by molar-refractivity contribution is 5.40. The lowest BCUT2D eigenvalue weighted by molar-refractivity contribution is 0.322. The van der Waals surface area contributed by atoms with Gasteiger partial charge in [0.05, 0.1) is 6.61 Å². The zero-order chi connectivity index (χ0) is 12.1. The average Bonchev–Trinajstić information content (AvgIpc) is 2.32. The van der Waals surface area contributed by atoms with E-state index in [1.807, 2.05) is 30.3 Å². The third-order valence-corrected chi connectivity index (χ3v) is 2.63. The quantitative estimate of drug-likeness (QED) is 0.814. The van der Waals surface area contributed by atoms with Crippen LogP contribution in [0.3, 0.4) is 0 Å². The van der Waals surface area contributed by atoms with Gasteiger partial charge in [0.1, 0.15) is 5.75 Å². The molecule has 0 unspecified atom stereocenters. The maximum atomic E-state index is 5.72. The summed E-state index contributed by atoms with van der Waals surface area (Å²) >= 11 is 0. The van der Waals surface area contributed by atoms with Gasteiger partial charge in [-0.05, 0) is 36.8 Å². The van der Waals surface area contributed by atoms with Gasteiger partial charge in [0.25, 0.3) is 0 Å². The molecule has 0 radical (unpaired) electrons. The molecule has 2 aromatic rings. The van der Waals surface area contributed by atoms with Crippen LogP contribution >= 0.6 is 0 Å². The first-order chi connectivity index (χ1) is 8.24. The standard InChI is InChI=1S/C15H17NO/c1-12-5-7-15(8-6-12)17-10-9-13-3-2-4-14(16)11-13/h2-8,11H,9-10,16H2,1H3. The van der Waals surface area contributed by atoms with Crippen LogP contribution in [0, 0.1) is 6.92 Å². The van der Waals surface area contributed by atoms with E-state index in [0.29, 0.717) is 6.61 Å². The molecule has 17 heavy (non-hydrogen) atoms. The average molecular weight is 227 g/mol. The van der Waals surface area contributed by atoms with Gasteiger partial charge in [-0.3, -0.25) is 0 Å². The lowest BCUT2D eigenvalue weighted by Gasteiger charge is -2.06. The monoisotopic (exact) mass is 227 g/mol. The van der Waals surface area contributed by atoms with Gasteiger partial charge < -0.3 is 10.5 Å². The Morgan fingerprint density at radius 1 is 1.06 bits per heavy atom. The fraction of sp³-hybridized carbons (Fsp3) is 0.200. The minimum Gasteiger partial charge on any atom is -0.493 e. The van der Waals surface area contributed by atoms with E-state index in [1.54, 1.807) is 0 Å². The first kappa shape index (κ1) is 11.5. The van der Waals surface area contributed by atoms with E-state index in [2.05, 4.69) is 25.1 Å². The number of rotatable bonds is 4. The molecule has 2 aromatic carbocycles. The van der Waals surface area contributed by atoms with Crippen molar-refractivity contribution in [1.29, 1.82) is 0 Å². The molecule has 2 rings (SSSR count). The van der Waals surface area contributed by atoms with Gasteiger partial charge in [0.15, 0.2) is 0 Å². The van der Waals surface area contributed by atoms with Crippen molar-refractivity contribution in [2.45, 2.75) is 13.3 Å². The second kappa shape index (κ2) is 5.39. The SMILES string of the molecule is Cc1ccc(OCCc2cccc(N)c2)cc1. The normalized spacial score (nSPS) is 10.2. The minimum absolute atomic E-state index is 0.673. The molecule has 0 heterocycles. The molecular formula is C15H17NO. The van der Waals surface area contributed by atoms with Crippen molar-refractivity contribution in [3.05, 3.63) is 59.7 Å². The maximum absolute atomic E-state index is 5.72. The molecule has 2 N–H and O–H groups in total. The molecule has 88 valence electrons. The van der Waals surface area contributed by atoms with E-state index in [0.717, 1.165) is 17.9 Å². The van der Waals surface area contributed by atoms with Crippen molar-refractivity contribution in [2.75, 3.05) is 12.3 Å². The Bertz CT molecular complexity index is 477. The summed E-state index contributed by atoms with van der Waals surface area (Å²) in [4.78, 5) is 0. The molecule has 0 atom stereocenters. The van der Waals surface area contributed by atoms with E-state index >= 15 is 0 Å². The highest BCUT2D eigenvalue weighted by Crippen LogP contribution is 2.12. The second-order valence-electron chi connectivity index (χ2n) is 4.16. The number of hydrogen-bond donors (Lipinski definition) is 1. The van der Waals surface area contributed by atoms with Crippen molar-refractivity contribution in [3.8, 4) is 5.75 Å². The number of nitrogen functional groups attached to an aromatic ring is 1. The van der Waals surface area contributed by atoms with Gasteiger partial charge in [-0.25, -0.2) is 0 Å². The number of nitrogens with two attached hydrogens (primary N) is 1. The van der Waals surface area contributed by atoms with Crippen molar-refractivity contribution in [3.63, 3.8) is 0 Å². The Morgan fingerprint density at radius 2 is 1.82 bits per heavy atom. The van der Waals surface area contributed by atoms with Gasteiger partial charge in [0.2, 0.25) is 0 Å². The van der Waals surface area contributed by atoms with Crippen LogP contribution < -0.4 is 10.5 Å². The first-order valence-electron chi connectivity index (χ1n) is 5.78. The zero-order valence-electron chi connectivity index (χ0n) is 10.0. The summed E-state index contributed by atoms with van der Waals surface area (Å²) in [5.41, 5.74) is 8.97. The lowest BCUT2D eigenvalue weighted by Crippen LogP contribution is -2.01. The largest absolute Gasteiger partial charge is 0.493 e. The molecule has 0 aliphatic carbocycles. The fourth-order valence-corrected chi connectivity index (χ4v) is 1.67. The van der Waals surface area contributed by atoms with Crippen molar-refractivity contribution >= 4 is 5.69 Å². The van der Waals surface area contributed by atoms with Crippen LogP contribution in [0.25, 0.3) is 0 Å². The van der Waals surface area contributed by atoms with Crippen LogP contribution in [0.15, 0.2) is 48.5 Å². The molecular weight excluding hydrogens is 210 g/mol. The Kier molecular flexibility index (Phi) is 3.66. The summed E-state index contributed by atoms with van der Waals surface area (Å²) in [5.74, 6) is 0.916. The predicted molar refractivity (Wildman–Crippen MR) is 71.2 cm³/mol. The number of ether oxygens (including phenoxy) is 1. The summed E-state index contributed by atoms with van der Waals surface area (Å²) in [5, 5.41) is 0. The topological polar surface area (TPSA) is 35.2 Å². The van der Waals surface area contributed by atoms with Gasteiger partial charge in [-0.15, -0.1) is 0 Å². The molecule has 0 aliphatic rings. The van der Waals surface area contributed by atoms with Crippen LogP contribution in [0.1, 0.15) is 11.1 Å². The van der Waals surface area contributed by atoms with Gasteiger partial charge in [-0.2, -0.15) is 0 Å². The van der Waals surface area contributed by atoms with E-state index in [1.165, 1.54) is 11.1 Å². The van der Waals surface area contributed by atoms with E-state index in [-0.39, 0.29) is 0 Å². The van der Waals surface area contributed by atoms with Crippen molar-refractivity contribution in [1.82, 2.24) is 0 Å². The van der Waals surface area contributed by atoms with Crippen LogP contribution in [-0.4, -0.2) is 6.61 Å². The molecule has 0 saturated heterocycles. The minimum atomic E-state index is 0.673. The summed E-state index contributed by atoms with van der Waals surface area (Å²) < 4.78 is 5.66. The van der Waals surface area contributed by atoms with E-state index in [4.69, 9.17) is 10.5 Å². The van der Waals surface area contributed by atoms with Crippen LogP contribution in [0.4, 0.5) is 5.69 Å². The molecule has 2 nitrogen and oxygen atoms in total. The first-order valence-corrected chi connectivity index (χ1v) is 5.78. The highest BCUT2D eigenvalue weighted by Gasteiger charge is 1.96. The van der Waals surface area contributed by atoms with E-state index < -0.39 is 0 Å². The summed E-state index contributed by atoms with van der Waals surface area (Å²) in [6.07, 6.45) is 0.874. The number of benzene rings is 2. The third kappa shape index (κ3) is 3.52. The molecule has 0 aliphatic heterocycles. The number of hydrogen-bond acceptors (Lipinski definition) is 2. The second-order valence-corrected chi connectivity index (χ2v) is 4.16. The van der Waals surface area contributed by atoms with Crippen LogP contribution in [-0.2, 0) is 6.42 Å². The summed E-state index contributed by atoms with van der Waals surface area (Å²) in [6.45, 7) is 2.74. The zero-order valence-corrected chi connectivity index (χ0v) is 10.0. The maximum Gasteiger partial charge on any atom is 0.119 e. The molecule has 0 amide bonds. The Balaban J connectivity index is 1.85. The van der Waals surface area contributed by atoms with Gasteiger partial charge in [-0.1, -0.05) is 29.8 Å². The van der Waals surface area contributed by atoms with Crippen molar-refractivity contribution < 1.29 is 4.74 Å². The van der Waals surface area contributed by atoms with Gasteiger partial charge in [0, 0.05) is 12.1 Å². The Morgan fingerprint density at radius 3 is 2.53 bits per heavy atom. The Hall–Kier alpha value is -1.96. The summed E-state index contributed by atoms with van der Waals surface area (Å²) in [6, 6.07) is 16.0.